The lowest BCUT2D eigenvalue weighted by Gasteiger charge is -2.17. The Kier molecular flexibility index (Phi) is 11.9. The molecule has 2 aromatic carbocycles. The number of benzene rings is 2. The van der Waals surface area contributed by atoms with Crippen molar-refractivity contribution in [2.24, 2.45) is 11.5 Å². The summed E-state index contributed by atoms with van der Waals surface area (Å²) < 4.78 is 41.4. The molecule has 0 unspecified atom stereocenters. The summed E-state index contributed by atoms with van der Waals surface area (Å²) in [5.41, 5.74) is 9.15. The quantitative estimate of drug-likeness (QED) is 0.0402. The summed E-state index contributed by atoms with van der Waals surface area (Å²) in [6, 6.07) is 13.1. The Morgan fingerprint density at radius 2 is 1.85 bits per heavy atom. The Balaban J connectivity index is 1.57. The zero-order valence-electron chi connectivity index (χ0n) is 25.3. The van der Waals surface area contributed by atoms with E-state index in [0.717, 1.165) is 18.5 Å². The number of H-pyrrole nitrogens is 1. The minimum Gasteiger partial charge on any atom is -0.396 e. The highest BCUT2D eigenvalue weighted by Gasteiger charge is 2.30. The molecule has 2 heterocycles. The number of nitrogens with one attached hydrogen (secondary N) is 4. The number of nitrogens with two attached hydrogens (primary N) is 2. The Bertz CT molecular complexity index is 1680. The van der Waals surface area contributed by atoms with Gasteiger partial charge in [-0.15, -0.1) is 0 Å². The Morgan fingerprint density at radius 1 is 1.11 bits per heavy atom. The van der Waals surface area contributed by atoms with Crippen LogP contribution in [-0.4, -0.2) is 62.0 Å². The molecule has 248 valence electrons. The lowest BCUT2D eigenvalue weighted by atomic mass is 9.98. The van der Waals surface area contributed by atoms with Crippen molar-refractivity contribution in [2.45, 2.75) is 61.2 Å². The third-order valence-electron chi connectivity index (χ3n) is 7.47. The third-order valence-corrected chi connectivity index (χ3v) is 8.17. The monoisotopic (exact) mass is 660 g/mol. The standard InChI is InChI=1S/C31H39F3N8O3S/c1-18(38-10-2-11-39-29(36)37)19-3-6-24(7-4-19)42-17-22-16-26(40-28(22)41-30(42)45)20-13-21(15-25(14-20)46-31(32,33)34)27(44)8-5-23(35)9-12-43/h3-4,6-7,13-18,23,27,38,43-44H,2,5,8-12,35H2,1H3,(H4,36,37,39)(H,40,41,45)/t18-,23+,27+/m0/s1. The summed E-state index contributed by atoms with van der Waals surface area (Å²) >= 11 is -0.279. The molecule has 4 rings (SSSR count). The number of fused-ring (bicyclic) bond motifs is 1. The molecule has 10 N–H and O–H groups in total. The van der Waals surface area contributed by atoms with Gasteiger partial charge in [0.2, 0.25) is 0 Å². The SMILES string of the molecule is C[C@H](NCCCNC(=N)N)c1ccc(-n2cc3cc(-c4cc(SC(F)(F)F)cc([C@H](O)CC[C@@H](N)CCO)c4)[nH]c3nc2=O)cc1. The number of thioether (sulfide) groups is 1. The molecule has 46 heavy (non-hydrogen) atoms. The van der Waals surface area contributed by atoms with Gasteiger partial charge in [-0.3, -0.25) is 9.98 Å². The minimum absolute atomic E-state index is 0.0443. The molecule has 0 spiro atoms. The van der Waals surface area contributed by atoms with Crippen LogP contribution in [0.4, 0.5) is 13.2 Å². The van der Waals surface area contributed by atoms with Crippen LogP contribution in [0.25, 0.3) is 28.0 Å². The van der Waals surface area contributed by atoms with Gasteiger partial charge >= 0.3 is 11.2 Å². The number of halogens is 3. The van der Waals surface area contributed by atoms with Crippen LogP contribution in [0.2, 0.25) is 0 Å². The van der Waals surface area contributed by atoms with E-state index in [2.05, 4.69) is 20.6 Å². The number of hydrogen-bond acceptors (Lipinski definition) is 8. The molecule has 4 aromatic rings. The van der Waals surface area contributed by atoms with Gasteiger partial charge in [0.1, 0.15) is 5.65 Å². The Morgan fingerprint density at radius 3 is 2.52 bits per heavy atom. The molecule has 3 atom stereocenters. The summed E-state index contributed by atoms with van der Waals surface area (Å²) in [7, 11) is 0. The van der Waals surface area contributed by atoms with Gasteiger partial charge in [0.15, 0.2) is 5.96 Å². The molecular weight excluding hydrogens is 621 g/mol. The van der Waals surface area contributed by atoms with Crippen LogP contribution in [0.1, 0.15) is 55.9 Å². The summed E-state index contributed by atoms with van der Waals surface area (Å²) in [6.07, 6.45) is 2.28. The number of nitrogens with zero attached hydrogens (tertiary/aromatic N) is 2. The number of aliphatic hydroxyl groups excluding tert-OH is 2. The predicted molar refractivity (Wildman–Crippen MR) is 174 cm³/mol. The van der Waals surface area contributed by atoms with E-state index in [-0.39, 0.29) is 53.4 Å². The van der Waals surface area contributed by atoms with Gasteiger partial charge in [-0.2, -0.15) is 18.2 Å². The van der Waals surface area contributed by atoms with Crippen molar-refractivity contribution in [3.8, 4) is 16.9 Å². The fourth-order valence-corrected chi connectivity index (χ4v) is 5.67. The number of rotatable bonds is 15. The maximum absolute atomic E-state index is 13.3. The largest absolute Gasteiger partial charge is 0.446 e. The average Bonchev–Trinajstić information content (AvgIpc) is 3.41. The lowest BCUT2D eigenvalue weighted by molar-refractivity contribution is -0.0328. The number of aromatic amines is 1. The van der Waals surface area contributed by atoms with Crippen LogP contribution in [0.15, 0.2) is 64.4 Å². The van der Waals surface area contributed by atoms with Crippen LogP contribution in [0, 0.1) is 5.41 Å². The first-order chi connectivity index (χ1) is 21.8. The maximum Gasteiger partial charge on any atom is 0.446 e. The van der Waals surface area contributed by atoms with E-state index in [4.69, 9.17) is 22.0 Å². The normalized spacial score (nSPS) is 13.9. The maximum atomic E-state index is 13.3. The third kappa shape index (κ3) is 9.80. The van der Waals surface area contributed by atoms with Gasteiger partial charge in [0.05, 0.1) is 11.8 Å². The highest BCUT2D eigenvalue weighted by atomic mass is 32.2. The van der Waals surface area contributed by atoms with Gasteiger partial charge in [-0.1, -0.05) is 12.1 Å². The fraction of sp³-hybridized carbons (Fsp3) is 0.387. The van der Waals surface area contributed by atoms with Gasteiger partial charge in [-0.25, -0.2) is 4.79 Å². The first kappa shape index (κ1) is 35.0. The molecule has 15 heteroatoms. The summed E-state index contributed by atoms with van der Waals surface area (Å²) in [4.78, 5) is 20.1. The lowest BCUT2D eigenvalue weighted by Crippen LogP contribution is -2.32. The van der Waals surface area contributed by atoms with Crippen molar-refractivity contribution in [3.63, 3.8) is 0 Å². The van der Waals surface area contributed by atoms with Gasteiger partial charge in [0.25, 0.3) is 0 Å². The van der Waals surface area contributed by atoms with E-state index in [1.807, 2.05) is 31.2 Å². The second kappa shape index (κ2) is 15.6. The minimum atomic E-state index is -4.54. The molecule has 0 radical (unpaired) electrons. The zero-order chi connectivity index (χ0) is 33.4. The molecule has 2 aromatic heterocycles. The van der Waals surface area contributed by atoms with Gasteiger partial charge in [0, 0.05) is 47.4 Å². The smallest absolute Gasteiger partial charge is 0.396 e. The summed E-state index contributed by atoms with van der Waals surface area (Å²) in [6.45, 7) is 3.24. The zero-order valence-corrected chi connectivity index (χ0v) is 26.1. The number of hydrogen-bond donors (Lipinski definition) is 8. The Hall–Kier alpha value is -3.89. The highest BCUT2D eigenvalue weighted by molar-refractivity contribution is 8.00. The van der Waals surface area contributed by atoms with Crippen LogP contribution in [-0.2, 0) is 0 Å². The molecule has 0 fully saturated rings. The number of guanidine groups is 1. The van der Waals surface area contributed by atoms with Crippen molar-refractivity contribution < 1.29 is 23.4 Å². The molecule has 0 aliphatic heterocycles. The van der Waals surface area contributed by atoms with Crippen molar-refractivity contribution in [2.75, 3.05) is 19.7 Å². The number of aromatic nitrogens is 3. The molecule has 0 aliphatic rings. The summed E-state index contributed by atoms with van der Waals surface area (Å²) in [5.74, 6) is -0.0614. The van der Waals surface area contributed by atoms with Crippen molar-refractivity contribution in [1.29, 1.82) is 5.41 Å². The number of aliphatic hydroxyl groups is 2. The van der Waals surface area contributed by atoms with Crippen molar-refractivity contribution >= 4 is 28.8 Å². The molecule has 11 nitrogen and oxygen atoms in total. The fourth-order valence-electron chi connectivity index (χ4n) is 5.02. The summed E-state index contributed by atoms with van der Waals surface area (Å²) in [5, 5.41) is 33.8. The highest BCUT2D eigenvalue weighted by Crippen LogP contribution is 2.40. The van der Waals surface area contributed by atoms with Crippen LogP contribution in [0.3, 0.4) is 0 Å². The Labute approximate surface area is 268 Å². The van der Waals surface area contributed by atoms with Crippen molar-refractivity contribution in [3.05, 3.63) is 76.3 Å². The van der Waals surface area contributed by atoms with E-state index in [1.165, 1.54) is 16.7 Å². The first-order valence-corrected chi connectivity index (χ1v) is 15.6. The predicted octanol–water partition coefficient (Wildman–Crippen LogP) is 4.04. The number of alkyl halides is 3. The average molecular weight is 661 g/mol. The molecule has 0 bridgehead atoms. The van der Waals surface area contributed by atoms with Gasteiger partial charge < -0.3 is 37.3 Å². The van der Waals surface area contributed by atoms with Crippen LogP contribution < -0.4 is 27.8 Å². The molecule has 0 saturated carbocycles. The van der Waals surface area contributed by atoms with E-state index in [0.29, 0.717) is 47.3 Å². The molecule has 0 aliphatic carbocycles. The molecule has 0 saturated heterocycles. The first-order valence-electron chi connectivity index (χ1n) is 14.8. The van der Waals surface area contributed by atoms with Crippen LogP contribution in [0.5, 0.6) is 0 Å². The van der Waals surface area contributed by atoms with E-state index in [9.17, 15) is 23.1 Å². The topological polar surface area (TPSA) is 191 Å². The molecular formula is C31H39F3N8O3S. The molecule has 0 amide bonds. The second-order valence-electron chi connectivity index (χ2n) is 11.0. The second-order valence-corrected chi connectivity index (χ2v) is 12.2. The van der Waals surface area contributed by atoms with Gasteiger partial charge in [-0.05, 0) is 104 Å². The van der Waals surface area contributed by atoms with Crippen molar-refractivity contribution in [1.82, 2.24) is 25.2 Å². The van der Waals surface area contributed by atoms with E-state index in [1.54, 1.807) is 18.3 Å². The van der Waals surface area contributed by atoms with E-state index >= 15 is 0 Å². The van der Waals surface area contributed by atoms with Crippen LogP contribution >= 0.6 is 11.8 Å². The van der Waals surface area contributed by atoms with E-state index < -0.39 is 17.3 Å².